The summed E-state index contributed by atoms with van der Waals surface area (Å²) < 4.78 is 63.5. The van der Waals surface area contributed by atoms with Gasteiger partial charge in [0.05, 0.1) is 9.79 Å². The van der Waals surface area contributed by atoms with Crippen molar-refractivity contribution in [3.05, 3.63) is 86.0 Å². The second-order valence-corrected chi connectivity index (χ2v) is 13.9. The number of anilines is 2. The Morgan fingerprint density at radius 1 is 0.711 bits per heavy atom. The number of nitrogens with zero attached hydrogens (tertiary/aromatic N) is 4. The van der Waals surface area contributed by atoms with Gasteiger partial charge in [-0.3, -0.25) is 0 Å². The molecule has 0 atom stereocenters. The van der Waals surface area contributed by atoms with E-state index in [1.807, 2.05) is 12.2 Å². The first-order valence-corrected chi connectivity index (χ1v) is 17.4. The number of thioether (sulfide) groups is 2. The van der Waals surface area contributed by atoms with E-state index in [1.165, 1.54) is 71.2 Å². The smallest absolute Gasteiger partial charge is 0.744 e. The van der Waals surface area contributed by atoms with Crippen molar-refractivity contribution in [3.8, 4) is 0 Å². The number of aromatic nitrogens is 4. The standard InChI is InChI=1S/2C6H6O3S.2C5H7N3S2.CH4O.2Cu.H2O/c2*7-10(8,9)6-4-2-1-3-5-6;2*1-2-3-9-5-8-7-4(6)10-5;1-2;;;/h2*1-5H,(H,7,8,9);2*2H,1,3H2,(H2,6,7);2H,1H3;;;1H2/q;;;;;2*+1;/p-2. The molecule has 14 nitrogen and oxygen atoms in total. The number of rotatable bonds is 8. The van der Waals surface area contributed by atoms with Crippen molar-refractivity contribution in [1.29, 1.82) is 0 Å². The van der Waals surface area contributed by atoms with Gasteiger partial charge in [-0.15, -0.1) is 33.6 Å². The van der Waals surface area contributed by atoms with Crippen LogP contribution in [-0.2, 0) is 54.4 Å². The van der Waals surface area contributed by atoms with E-state index in [1.54, 1.807) is 35.7 Å². The van der Waals surface area contributed by atoms with Gasteiger partial charge < -0.3 is 31.2 Å². The molecule has 0 unspecified atom stereocenters. The molecule has 0 bridgehead atoms. The van der Waals surface area contributed by atoms with E-state index in [0.29, 0.717) is 10.3 Å². The van der Waals surface area contributed by atoms with Crippen LogP contribution in [0.3, 0.4) is 0 Å². The van der Waals surface area contributed by atoms with Gasteiger partial charge in [0.1, 0.15) is 20.2 Å². The zero-order chi connectivity index (χ0) is 32.0. The van der Waals surface area contributed by atoms with Crippen LogP contribution in [0.25, 0.3) is 0 Å². The molecule has 0 saturated carbocycles. The zero-order valence-corrected chi connectivity index (χ0v) is 29.9. The van der Waals surface area contributed by atoms with Gasteiger partial charge in [-0.2, -0.15) is 0 Å². The molecule has 0 spiro atoms. The summed E-state index contributed by atoms with van der Waals surface area (Å²) in [7, 11) is -7.51. The zero-order valence-electron chi connectivity index (χ0n) is 23.1. The summed E-state index contributed by atoms with van der Waals surface area (Å²) in [6.07, 6.45) is 3.64. The third-order valence-electron chi connectivity index (χ3n) is 3.56. The SMILES string of the molecule is C=CCSc1nnc(N)s1.C=CCSc1nnc(N)s1.CO.O.O=S(=O)([O-])c1ccccc1.O=S(=O)([O-])c1ccccc1.[Cu+].[Cu+]. The molecule has 0 saturated heterocycles. The van der Waals surface area contributed by atoms with Crippen molar-refractivity contribution in [2.75, 3.05) is 30.1 Å². The fourth-order valence-electron chi connectivity index (χ4n) is 1.99. The first kappa shape index (κ1) is 50.0. The summed E-state index contributed by atoms with van der Waals surface area (Å²) in [5.41, 5.74) is 10.7. The minimum atomic E-state index is -4.25. The number of benzene rings is 2. The molecular formula is C23H30Cu2N6O8S6. The molecule has 4 aromatic rings. The number of aliphatic hydroxyl groups excluding tert-OH is 1. The van der Waals surface area contributed by atoms with Gasteiger partial charge in [-0.05, 0) is 24.3 Å². The molecule has 0 aliphatic heterocycles. The van der Waals surface area contributed by atoms with Crippen LogP contribution in [0.1, 0.15) is 0 Å². The number of nitrogen functional groups attached to an aromatic ring is 2. The third-order valence-corrected chi connectivity index (χ3v) is 9.02. The van der Waals surface area contributed by atoms with Crippen LogP contribution in [0, 0.1) is 0 Å². The van der Waals surface area contributed by atoms with Gasteiger partial charge in [-0.1, -0.05) is 94.7 Å². The largest absolute Gasteiger partial charge is 1.00 e. The Hall–Kier alpha value is -1.88. The minimum absolute atomic E-state index is 0. The molecule has 2 aromatic carbocycles. The quantitative estimate of drug-likeness (QED) is 0.0997. The summed E-state index contributed by atoms with van der Waals surface area (Å²) >= 11 is 5.97. The van der Waals surface area contributed by atoms with Gasteiger partial charge >= 0.3 is 34.1 Å². The van der Waals surface area contributed by atoms with Gasteiger partial charge in [0.15, 0.2) is 8.68 Å². The molecule has 0 fully saturated rings. The van der Waals surface area contributed by atoms with Crippen LogP contribution in [0.4, 0.5) is 10.3 Å². The number of aliphatic hydroxyl groups is 1. The summed E-state index contributed by atoms with van der Waals surface area (Å²) in [6.45, 7) is 7.17. The average molecular weight is 838 g/mol. The molecular weight excluding hydrogens is 808 g/mol. The molecule has 0 radical (unpaired) electrons. The van der Waals surface area contributed by atoms with E-state index in [0.717, 1.165) is 27.3 Å². The van der Waals surface area contributed by atoms with Crippen molar-refractivity contribution >= 4 is 76.7 Å². The summed E-state index contributed by atoms with van der Waals surface area (Å²) in [4.78, 5) is -0.370. The molecule has 45 heavy (non-hydrogen) atoms. The third kappa shape index (κ3) is 25.0. The molecule has 22 heteroatoms. The van der Waals surface area contributed by atoms with Crippen molar-refractivity contribution in [2.24, 2.45) is 0 Å². The Balaban J connectivity index is -0.000000239. The Kier molecular flexibility index (Phi) is 31.5. The van der Waals surface area contributed by atoms with Gasteiger partial charge in [0, 0.05) is 18.6 Å². The molecule has 0 aliphatic rings. The summed E-state index contributed by atoms with van der Waals surface area (Å²) in [6, 6.07) is 14.4. The van der Waals surface area contributed by atoms with Crippen molar-refractivity contribution in [3.63, 3.8) is 0 Å². The number of nitrogens with two attached hydrogens (primary N) is 2. The van der Waals surface area contributed by atoms with Crippen LogP contribution in [0.2, 0.25) is 0 Å². The Bertz CT molecular complexity index is 1420. The first-order chi connectivity index (χ1) is 19.9. The van der Waals surface area contributed by atoms with Gasteiger partial charge in [-0.25, -0.2) is 16.8 Å². The predicted molar refractivity (Wildman–Crippen MR) is 171 cm³/mol. The summed E-state index contributed by atoms with van der Waals surface area (Å²) in [5.74, 6) is 1.71. The van der Waals surface area contributed by atoms with Crippen molar-refractivity contribution in [2.45, 2.75) is 18.5 Å². The molecule has 4 rings (SSSR count). The molecule has 258 valence electrons. The molecule has 7 N–H and O–H groups in total. The Labute approximate surface area is 300 Å². The molecule has 2 heterocycles. The van der Waals surface area contributed by atoms with E-state index in [9.17, 15) is 25.9 Å². The second kappa shape index (κ2) is 28.4. The monoisotopic (exact) mass is 836 g/mol. The summed E-state index contributed by atoms with van der Waals surface area (Å²) in [5, 5.41) is 23.0. The fraction of sp³-hybridized carbons (Fsp3) is 0.130. The van der Waals surface area contributed by atoms with Crippen LogP contribution in [-0.4, -0.2) is 75.5 Å². The molecule has 0 amide bonds. The maximum Gasteiger partial charge on any atom is 1.00 e. The van der Waals surface area contributed by atoms with E-state index < -0.39 is 20.2 Å². The van der Waals surface area contributed by atoms with E-state index >= 15 is 0 Å². The topological polar surface area (TPSA) is 270 Å². The van der Waals surface area contributed by atoms with Crippen molar-refractivity contribution in [1.82, 2.24) is 20.4 Å². The second-order valence-electron chi connectivity index (χ2n) is 6.55. The normalized spacial score (nSPS) is 9.42. The minimum Gasteiger partial charge on any atom is -0.744 e. The average Bonchev–Trinajstić information content (AvgIpc) is 3.60. The van der Waals surface area contributed by atoms with E-state index in [-0.39, 0.29) is 49.4 Å². The van der Waals surface area contributed by atoms with Crippen LogP contribution in [0.15, 0.2) is 104 Å². The first-order valence-electron chi connectivity index (χ1n) is 11.0. The number of hydrogen-bond donors (Lipinski definition) is 3. The van der Waals surface area contributed by atoms with Crippen LogP contribution >= 0.6 is 46.2 Å². The Morgan fingerprint density at radius 2 is 1.00 bits per heavy atom. The molecule has 2 aromatic heterocycles. The maximum absolute atomic E-state index is 10.3. The van der Waals surface area contributed by atoms with Crippen LogP contribution < -0.4 is 11.5 Å². The Morgan fingerprint density at radius 3 is 1.18 bits per heavy atom. The van der Waals surface area contributed by atoms with Crippen molar-refractivity contribution < 1.29 is 70.7 Å². The molecule has 0 aliphatic carbocycles. The van der Waals surface area contributed by atoms with Gasteiger partial charge in [0.2, 0.25) is 10.3 Å². The van der Waals surface area contributed by atoms with Crippen LogP contribution in [0.5, 0.6) is 0 Å². The predicted octanol–water partition coefficient (Wildman–Crippen LogP) is 2.76. The van der Waals surface area contributed by atoms with Gasteiger partial charge in [0.25, 0.3) is 0 Å². The maximum atomic E-state index is 10.3. The van der Waals surface area contributed by atoms with E-state index in [4.69, 9.17) is 16.6 Å². The fourth-order valence-corrected chi connectivity index (χ4v) is 5.77. The van der Waals surface area contributed by atoms with E-state index in [2.05, 4.69) is 33.6 Å². The number of hydrogen-bond acceptors (Lipinski definition) is 17.